The van der Waals surface area contributed by atoms with E-state index in [2.05, 4.69) is 15.9 Å². The van der Waals surface area contributed by atoms with Crippen molar-refractivity contribution in [2.45, 2.75) is 9.79 Å². The quantitative estimate of drug-likeness (QED) is 0.608. The number of nitro benzene ring substituents is 1. The Labute approximate surface area is 115 Å². The molecule has 0 aliphatic carbocycles. The van der Waals surface area contributed by atoms with Gasteiger partial charge in [0.05, 0.1) is 9.82 Å². The van der Waals surface area contributed by atoms with E-state index in [1.54, 1.807) is 24.3 Å². The summed E-state index contributed by atoms with van der Waals surface area (Å²) >= 11 is 4.42. The van der Waals surface area contributed by atoms with Crippen LogP contribution in [-0.4, -0.2) is 4.92 Å². The lowest BCUT2D eigenvalue weighted by Crippen LogP contribution is -1.90. The van der Waals surface area contributed by atoms with E-state index in [1.807, 2.05) is 0 Å². The first-order valence-corrected chi connectivity index (χ1v) is 6.54. The zero-order chi connectivity index (χ0) is 13.1. The van der Waals surface area contributed by atoms with E-state index in [1.165, 1.54) is 18.2 Å². The molecule has 0 aliphatic rings. The molecule has 2 rings (SSSR count). The zero-order valence-electron chi connectivity index (χ0n) is 8.97. The van der Waals surface area contributed by atoms with Crippen molar-refractivity contribution in [3.05, 3.63) is 62.9 Å². The van der Waals surface area contributed by atoms with Crippen molar-refractivity contribution in [1.82, 2.24) is 0 Å². The van der Waals surface area contributed by atoms with Gasteiger partial charge in [-0.1, -0.05) is 33.8 Å². The van der Waals surface area contributed by atoms with Crippen LogP contribution in [0.1, 0.15) is 0 Å². The predicted molar refractivity (Wildman–Crippen MR) is 71.3 cm³/mol. The molecule has 0 saturated carbocycles. The molecule has 6 heteroatoms. The highest BCUT2D eigenvalue weighted by Crippen LogP contribution is 2.36. The number of rotatable bonds is 3. The summed E-state index contributed by atoms with van der Waals surface area (Å²) < 4.78 is 13.8. The Hall–Kier alpha value is -1.40. The average molecular weight is 328 g/mol. The van der Waals surface area contributed by atoms with Crippen LogP contribution in [0.5, 0.6) is 0 Å². The summed E-state index contributed by atoms with van der Waals surface area (Å²) in [5.41, 5.74) is 0.00691. The van der Waals surface area contributed by atoms with E-state index in [0.29, 0.717) is 9.79 Å². The Bertz CT molecular complexity index is 606. The van der Waals surface area contributed by atoms with Gasteiger partial charge >= 0.3 is 0 Å². The molecular weight excluding hydrogens is 321 g/mol. The van der Waals surface area contributed by atoms with Crippen molar-refractivity contribution >= 4 is 33.4 Å². The normalized spacial score (nSPS) is 10.3. The third-order valence-corrected chi connectivity index (χ3v) is 3.67. The standard InChI is InChI=1S/C12H7BrFNO2S/c13-8-4-5-11(15(16)17)12(6-8)18-10-3-1-2-9(14)7-10/h1-7H. The largest absolute Gasteiger partial charge is 0.283 e. The van der Waals surface area contributed by atoms with Gasteiger partial charge in [0.2, 0.25) is 0 Å². The first kappa shape index (κ1) is 13.0. The average Bonchev–Trinajstić information content (AvgIpc) is 2.28. The highest BCUT2D eigenvalue weighted by Gasteiger charge is 2.15. The highest BCUT2D eigenvalue weighted by molar-refractivity contribution is 9.10. The first-order chi connectivity index (χ1) is 8.56. The summed E-state index contributed by atoms with van der Waals surface area (Å²) in [4.78, 5) is 11.5. The van der Waals surface area contributed by atoms with Crippen LogP contribution in [0, 0.1) is 15.9 Å². The maximum absolute atomic E-state index is 13.1. The summed E-state index contributed by atoms with van der Waals surface area (Å²) in [6.45, 7) is 0. The third kappa shape index (κ3) is 3.08. The third-order valence-electron chi connectivity index (χ3n) is 2.14. The smallest absolute Gasteiger partial charge is 0.258 e. The van der Waals surface area contributed by atoms with E-state index in [-0.39, 0.29) is 11.5 Å². The molecule has 0 saturated heterocycles. The number of halogens is 2. The van der Waals surface area contributed by atoms with Crippen molar-refractivity contribution in [2.24, 2.45) is 0 Å². The number of nitro groups is 1. The lowest BCUT2D eigenvalue weighted by atomic mass is 10.3. The molecule has 0 fully saturated rings. The number of benzene rings is 2. The van der Waals surface area contributed by atoms with Crippen LogP contribution in [0.3, 0.4) is 0 Å². The molecule has 0 aromatic heterocycles. The fourth-order valence-corrected chi connectivity index (χ4v) is 2.90. The summed E-state index contributed by atoms with van der Waals surface area (Å²) in [6.07, 6.45) is 0. The maximum Gasteiger partial charge on any atom is 0.283 e. The van der Waals surface area contributed by atoms with Crippen molar-refractivity contribution in [1.29, 1.82) is 0 Å². The summed E-state index contributed by atoms with van der Waals surface area (Å²) in [5.74, 6) is -0.363. The monoisotopic (exact) mass is 327 g/mol. The fraction of sp³-hybridized carbons (Fsp3) is 0. The molecule has 0 aliphatic heterocycles. The Morgan fingerprint density at radius 2 is 2.00 bits per heavy atom. The van der Waals surface area contributed by atoms with E-state index in [0.717, 1.165) is 16.2 Å². The molecular formula is C12H7BrFNO2S. The van der Waals surface area contributed by atoms with Gasteiger partial charge in [-0.3, -0.25) is 10.1 Å². The predicted octanol–water partition coefficient (Wildman–Crippen LogP) is 4.65. The first-order valence-electron chi connectivity index (χ1n) is 4.93. The van der Waals surface area contributed by atoms with Crippen LogP contribution >= 0.6 is 27.7 Å². The Morgan fingerprint density at radius 1 is 1.22 bits per heavy atom. The molecule has 0 spiro atoms. The Balaban J connectivity index is 2.39. The number of nitrogens with zero attached hydrogens (tertiary/aromatic N) is 1. The van der Waals surface area contributed by atoms with Crippen LogP contribution in [0.25, 0.3) is 0 Å². The van der Waals surface area contributed by atoms with Gasteiger partial charge in [0.15, 0.2) is 0 Å². The number of hydrogen-bond donors (Lipinski definition) is 0. The van der Waals surface area contributed by atoms with Gasteiger partial charge in [0, 0.05) is 15.4 Å². The van der Waals surface area contributed by atoms with E-state index in [4.69, 9.17) is 0 Å². The van der Waals surface area contributed by atoms with Gasteiger partial charge in [0.1, 0.15) is 5.82 Å². The molecule has 0 amide bonds. The summed E-state index contributed by atoms with van der Waals surface area (Å²) in [5, 5.41) is 10.9. The minimum atomic E-state index is -0.450. The van der Waals surface area contributed by atoms with Crippen LogP contribution in [-0.2, 0) is 0 Å². The minimum absolute atomic E-state index is 0.00691. The van der Waals surface area contributed by atoms with Gasteiger partial charge in [-0.25, -0.2) is 4.39 Å². The SMILES string of the molecule is O=[N+]([O-])c1ccc(Br)cc1Sc1cccc(F)c1. The van der Waals surface area contributed by atoms with Crippen LogP contribution in [0.2, 0.25) is 0 Å². The molecule has 3 nitrogen and oxygen atoms in total. The zero-order valence-corrected chi connectivity index (χ0v) is 11.4. The molecule has 2 aromatic rings. The van der Waals surface area contributed by atoms with E-state index >= 15 is 0 Å². The minimum Gasteiger partial charge on any atom is -0.258 e. The van der Waals surface area contributed by atoms with Gasteiger partial charge in [-0.05, 0) is 30.3 Å². The summed E-state index contributed by atoms with van der Waals surface area (Å²) in [6, 6.07) is 10.6. The van der Waals surface area contributed by atoms with Gasteiger partial charge in [-0.15, -0.1) is 0 Å². The van der Waals surface area contributed by atoms with Gasteiger partial charge in [-0.2, -0.15) is 0 Å². The van der Waals surface area contributed by atoms with E-state index in [9.17, 15) is 14.5 Å². The molecule has 0 heterocycles. The molecule has 0 radical (unpaired) electrons. The fourth-order valence-electron chi connectivity index (χ4n) is 1.38. The van der Waals surface area contributed by atoms with Gasteiger partial charge in [0.25, 0.3) is 5.69 Å². The lowest BCUT2D eigenvalue weighted by molar-refractivity contribution is -0.387. The molecule has 0 bridgehead atoms. The van der Waals surface area contributed by atoms with E-state index < -0.39 is 4.92 Å². The maximum atomic E-state index is 13.1. The lowest BCUT2D eigenvalue weighted by Gasteiger charge is -2.03. The molecule has 2 aromatic carbocycles. The topological polar surface area (TPSA) is 43.1 Å². The van der Waals surface area contributed by atoms with Crippen LogP contribution in [0.4, 0.5) is 10.1 Å². The molecule has 18 heavy (non-hydrogen) atoms. The molecule has 0 unspecified atom stereocenters. The molecule has 0 atom stereocenters. The second-order valence-electron chi connectivity index (χ2n) is 3.43. The van der Waals surface area contributed by atoms with Crippen molar-refractivity contribution < 1.29 is 9.31 Å². The molecule has 0 N–H and O–H groups in total. The van der Waals surface area contributed by atoms with Crippen molar-refractivity contribution in [2.75, 3.05) is 0 Å². The van der Waals surface area contributed by atoms with Crippen molar-refractivity contribution in [3.63, 3.8) is 0 Å². The molecule has 92 valence electrons. The summed E-state index contributed by atoms with van der Waals surface area (Å²) in [7, 11) is 0. The van der Waals surface area contributed by atoms with Crippen LogP contribution in [0.15, 0.2) is 56.7 Å². The van der Waals surface area contributed by atoms with Crippen LogP contribution < -0.4 is 0 Å². The van der Waals surface area contributed by atoms with Gasteiger partial charge < -0.3 is 0 Å². The Morgan fingerprint density at radius 3 is 2.67 bits per heavy atom. The van der Waals surface area contributed by atoms with Crippen molar-refractivity contribution in [3.8, 4) is 0 Å². The second-order valence-corrected chi connectivity index (χ2v) is 5.46. The Kier molecular flexibility index (Phi) is 3.98. The second kappa shape index (κ2) is 5.49. The number of hydrogen-bond acceptors (Lipinski definition) is 3. The highest BCUT2D eigenvalue weighted by atomic mass is 79.9.